The second kappa shape index (κ2) is 5.87. The average molecular weight is 372 g/mol. The lowest BCUT2D eigenvalue weighted by Gasteiger charge is -2.10. The first-order valence-electron chi connectivity index (χ1n) is 5.24. The molecular weight excluding hydrogens is 363 g/mol. The normalized spacial score (nSPS) is 10.0. The first-order chi connectivity index (χ1) is 9.15. The maximum Gasteiger partial charge on any atom is 0.379 e. The molecule has 1 aromatic carbocycles. The summed E-state index contributed by atoms with van der Waals surface area (Å²) in [7, 11) is 1.43. The zero-order valence-electron chi connectivity index (χ0n) is 9.88. The van der Waals surface area contributed by atoms with Crippen molar-refractivity contribution in [2.45, 2.75) is 0 Å². The topological polar surface area (TPSA) is 65.7 Å². The maximum atomic E-state index is 11.8. The third-order valence-electron chi connectivity index (χ3n) is 2.30. The molecule has 0 aliphatic heterocycles. The molecule has 0 bridgehead atoms. The van der Waals surface area contributed by atoms with Gasteiger partial charge in [-0.25, -0.2) is 4.79 Å². The number of methoxy groups -OCH3 is 1. The summed E-state index contributed by atoms with van der Waals surface area (Å²) in [5.74, 6) is 0.0430. The van der Waals surface area contributed by atoms with E-state index in [4.69, 9.17) is 13.9 Å². The van der Waals surface area contributed by atoms with Gasteiger partial charge in [0.1, 0.15) is 6.29 Å². The smallest absolute Gasteiger partial charge is 0.379 e. The Morgan fingerprint density at radius 1 is 1.42 bits per heavy atom. The van der Waals surface area contributed by atoms with E-state index in [1.165, 1.54) is 25.5 Å². The number of halogens is 1. The van der Waals surface area contributed by atoms with E-state index < -0.39 is 5.97 Å². The minimum atomic E-state index is -0.625. The molecule has 1 aromatic heterocycles. The second-order valence-electron chi connectivity index (χ2n) is 3.52. The van der Waals surface area contributed by atoms with Gasteiger partial charge < -0.3 is 13.9 Å². The van der Waals surface area contributed by atoms with Crippen LogP contribution in [0.1, 0.15) is 20.9 Å². The molecule has 19 heavy (non-hydrogen) atoms. The van der Waals surface area contributed by atoms with Crippen LogP contribution in [-0.2, 0) is 0 Å². The third-order valence-corrected chi connectivity index (χ3v) is 3.11. The van der Waals surface area contributed by atoms with E-state index in [9.17, 15) is 9.59 Å². The number of benzene rings is 1. The molecule has 0 amide bonds. The van der Waals surface area contributed by atoms with Crippen LogP contribution in [0.25, 0.3) is 0 Å². The Balaban J connectivity index is 2.34. The van der Waals surface area contributed by atoms with Crippen LogP contribution in [-0.4, -0.2) is 19.4 Å². The summed E-state index contributed by atoms with van der Waals surface area (Å²) in [5.41, 5.74) is 0.444. The number of rotatable bonds is 4. The van der Waals surface area contributed by atoms with Crippen molar-refractivity contribution in [3.63, 3.8) is 0 Å². The van der Waals surface area contributed by atoms with Gasteiger partial charge in [-0.15, -0.1) is 0 Å². The van der Waals surface area contributed by atoms with Crippen LogP contribution in [0.15, 0.2) is 34.9 Å². The van der Waals surface area contributed by atoms with Crippen molar-refractivity contribution in [3.8, 4) is 11.5 Å². The van der Waals surface area contributed by atoms with Crippen LogP contribution in [0.5, 0.6) is 11.5 Å². The van der Waals surface area contributed by atoms with E-state index in [0.717, 1.165) is 0 Å². The van der Waals surface area contributed by atoms with Gasteiger partial charge in [0.25, 0.3) is 0 Å². The fourth-order valence-corrected chi connectivity index (χ4v) is 2.18. The molecule has 98 valence electrons. The lowest BCUT2D eigenvalue weighted by atomic mass is 10.2. The van der Waals surface area contributed by atoms with Crippen LogP contribution in [0.4, 0.5) is 0 Å². The molecule has 1 heterocycles. The summed E-state index contributed by atoms with van der Waals surface area (Å²) in [4.78, 5) is 22.6. The largest absolute Gasteiger partial charge is 0.493 e. The van der Waals surface area contributed by atoms with Crippen molar-refractivity contribution in [2.24, 2.45) is 0 Å². The predicted molar refractivity (Wildman–Crippen MR) is 74.8 cm³/mol. The van der Waals surface area contributed by atoms with Crippen molar-refractivity contribution in [3.05, 3.63) is 45.4 Å². The predicted octanol–water partition coefficient (Wildman–Crippen LogP) is 2.92. The number of carbonyl (C=O) groups is 2. The molecular formula is C13H9IO5. The van der Waals surface area contributed by atoms with E-state index in [1.807, 2.05) is 22.6 Å². The molecule has 5 nitrogen and oxygen atoms in total. The highest BCUT2D eigenvalue weighted by atomic mass is 127. The summed E-state index contributed by atoms with van der Waals surface area (Å²) in [6.07, 6.45) is 2.08. The number of furan rings is 1. The molecule has 0 aliphatic carbocycles. The van der Waals surface area contributed by atoms with E-state index >= 15 is 0 Å². The van der Waals surface area contributed by atoms with E-state index in [2.05, 4.69) is 0 Å². The van der Waals surface area contributed by atoms with Crippen molar-refractivity contribution >= 4 is 34.8 Å². The van der Waals surface area contributed by atoms with Crippen LogP contribution in [0.3, 0.4) is 0 Å². The van der Waals surface area contributed by atoms with Crippen molar-refractivity contribution in [1.82, 2.24) is 0 Å². The standard InChI is InChI=1S/C13H9IO5/c1-17-11-6-8(7-15)5-9(14)12(11)19-13(16)10-3-2-4-18-10/h2-7H,1H3. The van der Waals surface area contributed by atoms with Gasteiger partial charge in [0.05, 0.1) is 16.9 Å². The molecule has 0 fully saturated rings. The molecule has 0 radical (unpaired) electrons. The molecule has 0 spiro atoms. The van der Waals surface area contributed by atoms with Gasteiger partial charge in [-0.1, -0.05) is 0 Å². The molecule has 0 saturated carbocycles. The SMILES string of the molecule is COc1cc(C=O)cc(I)c1OC(=O)c1ccco1. The fourth-order valence-electron chi connectivity index (χ4n) is 1.44. The summed E-state index contributed by atoms with van der Waals surface area (Å²) < 4.78 is 15.9. The van der Waals surface area contributed by atoms with E-state index in [0.29, 0.717) is 21.2 Å². The molecule has 0 N–H and O–H groups in total. The van der Waals surface area contributed by atoms with Crippen molar-refractivity contribution < 1.29 is 23.5 Å². The average Bonchev–Trinajstić information content (AvgIpc) is 2.94. The van der Waals surface area contributed by atoms with Crippen LogP contribution >= 0.6 is 22.6 Å². The summed E-state index contributed by atoms with van der Waals surface area (Å²) in [5, 5.41) is 0. The number of esters is 1. The Morgan fingerprint density at radius 2 is 2.21 bits per heavy atom. The number of hydrogen-bond acceptors (Lipinski definition) is 5. The van der Waals surface area contributed by atoms with Gasteiger partial charge in [-0.05, 0) is 46.9 Å². The monoisotopic (exact) mass is 372 g/mol. The van der Waals surface area contributed by atoms with Gasteiger partial charge in [0.15, 0.2) is 11.5 Å². The van der Waals surface area contributed by atoms with Gasteiger partial charge in [0.2, 0.25) is 5.76 Å². The highest BCUT2D eigenvalue weighted by molar-refractivity contribution is 14.1. The molecule has 0 aliphatic rings. The van der Waals surface area contributed by atoms with Crippen LogP contribution in [0.2, 0.25) is 0 Å². The highest BCUT2D eigenvalue weighted by Crippen LogP contribution is 2.34. The Morgan fingerprint density at radius 3 is 2.79 bits per heavy atom. The summed E-state index contributed by atoms with van der Waals surface area (Å²) >= 11 is 1.96. The molecule has 0 unspecified atom stereocenters. The minimum absolute atomic E-state index is 0.0947. The molecule has 0 saturated heterocycles. The fraction of sp³-hybridized carbons (Fsp3) is 0.0769. The molecule has 2 rings (SSSR count). The maximum absolute atomic E-state index is 11.8. The summed E-state index contributed by atoms with van der Waals surface area (Å²) in [6.45, 7) is 0. The quantitative estimate of drug-likeness (QED) is 0.357. The minimum Gasteiger partial charge on any atom is -0.493 e. The lowest BCUT2D eigenvalue weighted by molar-refractivity contribution is 0.0695. The van der Waals surface area contributed by atoms with E-state index in [-0.39, 0.29) is 11.5 Å². The Bertz CT molecular complexity index is 604. The Kier molecular flexibility index (Phi) is 4.20. The lowest BCUT2D eigenvalue weighted by Crippen LogP contribution is -2.09. The van der Waals surface area contributed by atoms with Gasteiger partial charge in [-0.2, -0.15) is 0 Å². The van der Waals surface area contributed by atoms with Gasteiger partial charge in [-0.3, -0.25) is 4.79 Å². The number of hydrogen-bond donors (Lipinski definition) is 0. The van der Waals surface area contributed by atoms with E-state index in [1.54, 1.807) is 12.1 Å². The first kappa shape index (κ1) is 13.6. The van der Waals surface area contributed by atoms with Gasteiger partial charge >= 0.3 is 5.97 Å². The zero-order valence-corrected chi connectivity index (χ0v) is 12.0. The Labute approximate surface area is 122 Å². The first-order valence-corrected chi connectivity index (χ1v) is 6.32. The number of carbonyl (C=O) groups excluding carboxylic acids is 2. The Hall–Kier alpha value is -1.83. The van der Waals surface area contributed by atoms with Crippen LogP contribution < -0.4 is 9.47 Å². The molecule has 0 atom stereocenters. The number of aldehydes is 1. The van der Waals surface area contributed by atoms with Crippen molar-refractivity contribution in [2.75, 3.05) is 7.11 Å². The number of ether oxygens (including phenoxy) is 2. The zero-order chi connectivity index (χ0) is 13.8. The summed E-state index contributed by atoms with van der Waals surface area (Å²) in [6, 6.07) is 6.19. The van der Waals surface area contributed by atoms with Gasteiger partial charge in [0, 0.05) is 5.56 Å². The third kappa shape index (κ3) is 2.95. The molecule has 2 aromatic rings. The van der Waals surface area contributed by atoms with Crippen LogP contribution in [0, 0.1) is 3.57 Å². The van der Waals surface area contributed by atoms with Crippen molar-refractivity contribution in [1.29, 1.82) is 0 Å². The highest BCUT2D eigenvalue weighted by Gasteiger charge is 2.18. The molecule has 6 heteroatoms. The second-order valence-corrected chi connectivity index (χ2v) is 4.68.